The van der Waals surface area contributed by atoms with Gasteiger partial charge in [0, 0.05) is 17.5 Å². The molecular formula is C10H16N2O2S3. The van der Waals surface area contributed by atoms with Gasteiger partial charge in [0.25, 0.3) is 0 Å². The first-order valence-corrected chi connectivity index (χ1v) is 8.03. The number of hydrogen-bond donors (Lipinski definition) is 1. The van der Waals surface area contributed by atoms with Crippen LogP contribution in [-0.2, 0) is 16.6 Å². The van der Waals surface area contributed by atoms with Crippen molar-refractivity contribution in [2.24, 2.45) is 5.73 Å². The monoisotopic (exact) mass is 292 g/mol. The van der Waals surface area contributed by atoms with E-state index in [0.717, 1.165) is 4.88 Å². The molecule has 0 radical (unpaired) electrons. The highest BCUT2D eigenvalue weighted by Crippen LogP contribution is 2.17. The molecule has 96 valence electrons. The Kier molecular flexibility index (Phi) is 5.05. The van der Waals surface area contributed by atoms with E-state index in [2.05, 4.69) is 12.2 Å². The number of rotatable bonds is 6. The summed E-state index contributed by atoms with van der Waals surface area (Å²) in [5.41, 5.74) is 5.32. The maximum absolute atomic E-state index is 12.1. The van der Waals surface area contributed by atoms with Crippen molar-refractivity contribution in [3.05, 3.63) is 22.4 Å². The molecule has 0 saturated carbocycles. The highest BCUT2D eigenvalue weighted by molar-refractivity contribution is 7.92. The molecule has 0 aromatic carbocycles. The molecule has 4 nitrogen and oxygen atoms in total. The van der Waals surface area contributed by atoms with Crippen molar-refractivity contribution >= 4 is 38.6 Å². The zero-order chi connectivity index (χ0) is 13.1. The maximum atomic E-state index is 12.1. The summed E-state index contributed by atoms with van der Waals surface area (Å²) in [4.78, 5) is 1.01. The maximum Gasteiger partial charge on any atom is 0.221 e. The second kappa shape index (κ2) is 5.90. The molecule has 1 heterocycles. The zero-order valence-electron chi connectivity index (χ0n) is 9.79. The molecule has 7 heteroatoms. The minimum atomic E-state index is -3.42. The third kappa shape index (κ3) is 4.34. The van der Waals surface area contributed by atoms with E-state index in [1.807, 2.05) is 31.4 Å². The van der Waals surface area contributed by atoms with E-state index in [4.69, 9.17) is 5.73 Å². The van der Waals surface area contributed by atoms with Crippen LogP contribution in [0.4, 0.5) is 0 Å². The Morgan fingerprint density at radius 3 is 2.65 bits per heavy atom. The molecule has 2 N–H and O–H groups in total. The Hall–Kier alpha value is -0.500. The molecule has 0 fully saturated rings. The minimum absolute atomic E-state index is 0.00169. The average molecular weight is 292 g/mol. The van der Waals surface area contributed by atoms with Gasteiger partial charge in [-0.15, -0.1) is 11.3 Å². The van der Waals surface area contributed by atoms with E-state index in [1.54, 1.807) is 0 Å². The van der Waals surface area contributed by atoms with Crippen molar-refractivity contribution in [1.29, 1.82) is 0 Å². The van der Waals surface area contributed by atoms with Gasteiger partial charge >= 0.3 is 0 Å². The van der Waals surface area contributed by atoms with Crippen molar-refractivity contribution in [3.8, 4) is 0 Å². The molecule has 0 bridgehead atoms. The lowest BCUT2D eigenvalue weighted by atomic mass is 10.4. The second-order valence-electron chi connectivity index (χ2n) is 3.94. The van der Waals surface area contributed by atoms with E-state index in [9.17, 15) is 8.42 Å². The zero-order valence-corrected chi connectivity index (χ0v) is 12.2. The molecule has 17 heavy (non-hydrogen) atoms. The molecule has 0 aliphatic heterocycles. The van der Waals surface area contributed by atoms with E-state index in [1.165, 1.54) is 15.6 Å². The molecule has 0 aliphatic carbocycles. The number of hydrogen-bond acceptors (Lipinski definition) is 4. The number of nitrogens with zero attached hydrogens (tertiary/aromatic N) is 1. The topological polar surface area (TPSA) is 63.4 Å². The van der Waals surface area contributed by atoms with E-state index >= 15 is 0 Å². The summed E-state index contributed by atoms with van der Waals surface area (Å²) in [5, 5.41) is 1.92. The van der Waals surface area contributed by atoms with Crippen LogP contribution in [-0.4, -0.2) is 29.5 Å². The first-order chi connectivity index (χ1) is 7.83. The number of sulfonamides is 1. The van der Waals surface area contributed by atoms with Gasteiger partial charge in [-0.3, -0.25) is 0 Å². The van der Waals surface area contributed by atoms with Crippen LogP contribution in [0.5, 0.6) is 0 Å². The van der Waals surface area contributed by atoms with Gasteiger partial charge in [0.05, 0.1) is 4.99 Å². The quantitative estimate of drug-likeness (QED) is 0.809. The highest BCUT2D eigenvalue weighted by Gasteiger charge is 2.25. The average Bonchev–Trinajstić information content (AvgIpc) is 2.63. The molecule has 1 aromatic rings. The van der Waals surface area contributed by atoms with Crippen LogP contribution >= 0.6 is 23.6 Å². The van der Waals surface area contributed by atoms with Crippen LogP contribution in [0, 0.1) is 0 Å². The molecule has 1 rings (SSSR count). The predicted octanol–water partition coefficient (Wildman–Crippen LogP) is 1.57. The summed E-state index contributed by atoms with van der Waals surface area (Å²) in [6.45, 7) is 4.05. The lowest BCUT2D eigenvalue weighted by molar-refractivity contribution is 0.352. The summed E-state index contributed by atoms with van der Waals surface area (Å²) in [7, 11) is -3.42. The van der Waals surface area contributed by atoms with Gasteiger partial charge in [0.15, 0.2) is 0 Å². The molecule has 0 spiro atoms. The van der Waals surface area contributed by atoms with Crippen molar-refractivity contribution in [3.63, 3.8) is 0 Å². The lowest BCUT2D eigenvalue weighted by Gasteiger charge is -2.25. The molecule has 0 aliphatic rings. The molecular weight excluding hydrogens is 276 g/mol. The second-order valence-corrected chi connectivity index (χ2v) is 7.42. The largest absolute Gasteiger partial charge is 0.392 e. The van der Waals surface area contributed by atoms with Gasteiger partial charge in [0.1, 0.15) is 5.75 Å². The third-order valence-corrected chi connectivity index (χ3v) is 5.28. The molecule has 0 unspecified atom stereocenters. The number of thiocarbonyl (C=S) groups is 1. The van der Waals surface area contributed by atoms with Crippen molar-refractivity contribution in [1.82, 2.24) is 4.31 Å². The summed E-state index contributed by atoms with van der Waals surface area (Å²) in [6, 6.07) is 3.70. The van der Waals surface area contributed by atoms with Crippen LogP contribution < -0.4 is 5.73 Å². The predicted molar refractivity (Wildman–Crippen MR) is 75.6 cm³/mol. The van der Waals surface area contributed by atoms with Crippen molar-refractivity contribution < 1.29 is 8.42 Å². The summed E-state index contributed by atoms with van der Waals surface area (Å²) in [5.74, 6) is -0.272. The Balaban J connectivity index is 2.90. The summed E-state index contributed by atoms with van der Waals surface area (Å²) in [6.07, 6.45) is 0. The molecule has 1 aromatic heterocycles. The Morgan fingerprint density at radius 1 is 1.59 bits per heavy atom. The van der Waals surface area contributed by atoms with Gasteiger partial charge in [-0.1, -0.05) is 18.3 Å². The van der Waals surface area contributed by atoms with Gasteiger partial charge < -0.3 is 5.73 Å². The fourth-order valence-corrected chi connectivity index (χ4v) is 4.16. The standard InChI is InChI=1S/C10H16N2O2S3/c1-8(2)12(6-9-4-3-5-16-9)17(13,14)7-10(11)15/h3-5,8H,6-7H2,1-2H3,(H2,11,15). The Morgan fingerprint density at radius 2 is 2.24 bits per heavy atom. The smallest absolute Gasteiger partial charge is 0.221 e. The van der Waals surface area contributed by atoms with Crippen LogP contribution in [0.3, 0.4) is 0 Å². The molecule has 0 saturated heterocycles. The van der Waals surface area contributed by atoms with Crippen LogP contribution in [0.25, 0.3) is 0 Å². The van der Waals surface area contributed by atoms with Crippen LogP contribution in [0.15, 0.2) is 17.5 Å². The third-order valence-electron chi connectivity index (χ3n) is 2.15. The van der Waals surface area contributed by atoms with Crippen LogP contribution in [0.2, 0.25) is 0 Å². The fraction of sp³-hybridized carbons (Fsp3) is 0.500. The Bertz CT molecular complexity index is 466. The highest BCUT2D eigenvalue weighted by atomic mass is 32.2. The van der Waals surface area contributed by atoms with E-state index < -0.39 is 10.0 Å². The Labute approximate surface area is 111 Å². The summed E-state index contributed by atoms with van der Waals surface area (Å²) >= 11 is 6.21. The van der Waals surface area contributed by atoms with Gasteiger partial charge in [-0.2, -0.15) is 4.31 Å². The minimum Gasteiger partial charge on any atom is -0.392 e. The van der Waals surface area contributed by atoms with Crippen molar-refractivity contribution in [2.45, 2.75) is 26.4 Å². The molecule has 0 atom stereocenters. The first kappa shape index (κ1) is 14.6. The lowest BCUT2D eigenvalue weighted by Crippen LogP contribution is -2.40. The number of nitrogens with two attached hydrogens (primary N) is 1. The molecule has 0 amide bonds. The van der Waals surface area contributed by atoms with E-state index in [-0.39, 0.29) is 16.8 Å². The first-order valence-electron chi connectivity index (χ1n) is 5.13. The van der Waals surface area contributed by atoms with Crippen LogP contribution in [0.1, 0.15) is 18.7 Å². The van der Waals surface area contributed by atoms with Gasteiger partial charge in [-0.05, 0) is 25.3 Å². The van der Waals surface area contributed by atoms with E-state index in [0.29, 0.717) is 6.54 Å². The summed E-state index contributed by atoms with van der Waals surface area (Å²) < 4.78 is 25.6. The fourth-order valence-electron chi connectivity index (χ4n) is 1.42. The van der Waals surface area contributed by atoms with Gasteiger partial charge in [-0.25, -0.2) is 8.42 Å². The normalized spacial score (nSPS) is 12.2. The SMILES string of the molecule is CC(C)N(Cc1cccs1)S(=O)(=O)CC(N)=S. The van der Waals surface area contributed by atoms with Crippen molar-refractivity contribution in [2.75, 3.05) is 5.75 Å². The van der Waals surface area contributed by atoms with Gasteiger partial charge in [0.2, 0.25) is 10.0 Å². The number of thiophene rings is 1.